The van der Waals surface area contributed by atoms with Crippen molar-refractivity contribution in [1.82, 2.24) is 25.5 Å². The molecule has 30 heavy (non-hydrogen) atoms. The maximum atomic E-state index is 12.7. The van der Waals surface area contributed by atoms with E-state index in [1.807, 2.05) is 0 Å². The summed E-state index contributed by atoms with van der Waals surface area (Å²) in [6, 6.07) is 11.0. The number of hydrogen-bond donors (Lipinski definition) is 2. The van der Waals surface area contributed by atoms with Gasteiger partial charge in [-0.25, -0.2) is 8.42 Å². The number of halogens is 3. The highest BCUT2D eigenvalue weighted by molar-refractivity contribution is 7.92. The van der Waals surface area contributed by atoms with Crippen LogP contribution in [0, 0.1) is 6.92 Å². The molecular formula is C17H15F3N6O3S. The zero-order valence-electron chi connectivity index (χ0n) is 15.4. The van der Waals surface area contributed by atoms with Gasteiger partial charge in [0.05, 0.1) is 16.3 Å². The Morgan fingerprint density at radius 3 is 2.53 bits per heavy atom. The second-order valence-corrected chi connectivity index (χ2v) is 7.80. The highest BCUT2D eigenvalue weighted by Gasteiger charge is 2.28. The van der Waals surface area contributed by atoms with Crippen LogP contribution in [0.3, 0.4) is 0 Å². The van der Waals surface area contributed by atoms with E-state index in [4.69, 9.17) is 0 Å². The summed E-state index contributed by atoms with van der Waals surface area (Å²) in [6.45, 7) is 0.149. The quantitative estimate of drug-likeness (QED) is 0.606. The highest BCUT2D eigenvalue weighted by Crippen LogP contribution is 2.20. The van der Waals surface area contributed by atoms with Crippen LogP contribution in [0.1, 0.15) is 16.2 Å². The molecule has 1 heterocycles. The number of carbonyl (C=O) groups excluding carboxylic acids is 1. The highest BCUT2D eigenvalue weighted by atomic mass is 32.2. The minimum absolute atomic E-state index is 0.203. The van der Waals surface area contributed by atoms with Crippen LogP contribution >= 0.6 is 0 Å². The molecule has 2 N–H and O–H groups in total. The number of rotatable bonds is 6. The summed E-state index contributed by atoms with van der Waals surface area (Å²) < 4.78 is 65.9. The molecular weight excluding hydrogens is 425 g/mol. The van der Waals surface area contributed by atoms with Crippen molar-refractivity contribution in [2.24, 2.45) is 0 Å². The van der Waals surface area contributed by atoms with Gasteiger partial charge in [0.15, 0.2) is 5.82 Å². The third-order valence-electron chi connectivity index (χ3n) is 3.82. The summed E-state index contributed by atoms with van der Waals surface area (Å²) >= 11 is 0. The van der Waals surface area contributed by atoms with E-state index in [0.717, 1.165) is 6.07 Å². The number of nitrogens with one attached hydrogen (secondary N) is 2. The first-order chi connectivity index (χ1) is 14.0. The van der Waals surface area contributed by atoms with Crippen molar-refractivity contribution in [3.05, 3.63) is 59.9 Å². The van der Waals surface area contributed by atoms with Gasteiger partial charge in [0.2, 0.25) is 0 Å². The molecule has 2 aromatic carbocycles. The topological polar surface area (TPSA) is 119 Å². The van der Waals surface area contributed by atoms with Gasteiger partial charge >= 0.3 is 6.18 Å². The Balaban J connectivity index is 1.81. The van der Waals surface area contributed by atoms with Crippen molar-refractivity contribution in [3.63, 3.8) is 0 Å². The second kappa shape index (κ2) is 8.10. The summed E-state index contributed by atoms with van der Waals surface area (Å²) in [7, 11) is -4.12. The van der Waals surface area contributed by atoms with Crippen LogP contribution in [0.2, 0.25) is 0 Å². The van der Waals surface area contributed by atoms with Gasteiger partial charge in [0.25, 0.3) is 15.9 Å². The maximum absolute atomic E-state index is 12.7. The Kier molecular flexibility index (Phi) is 5.73. The average molecular weight is 440 g/mol. The number of nitrogens with zero attached hydrogens (tertiary/aromatic N) is 4. The Labute approximate surface area is 169 Å². The second-order valence-electron chi connectivity index (χ2n) is 6.12. The first-order valence-electron chi connectivity index (χ1n) is 8.38. The fraction of sp³-hybridized carbons (Fsp3) is 0.176. The predicted molar refractivity (Wildman–Crippen MR) is 99.5 cm³/mol. The maximum Gasteiger partial charge on any atom is 0.405 e. The van der Waals surface area contributed by atoms with E-state index in [1.165, 1.54) is 35.0 Å². The number of alkyl halides is 3. The normalized spacial score (nSPS) is 11.9. The van der Waals surface area contributed by atoms with E-state index in [1.54, 1.807) is 24.4 Å². The molecule has 1 aromatic heterocycles. The smallest absolute Gasteiger partial charge is 0.343 e. The molecule has 158 valence electrons. The molecule has 13 heteroatoms. The van der Waals surface area contributed by atoms with Gasteiger partial charge in [-0.3, -0.25) is 9.52 Å². The molecule has 0 atom stereocenters. The average Bonchev–Trinajstić information content (AvgIpc) is 3.11. The Morgan fingerprint density at radius 2 is 1.87 bits per heavy atom. The van der Waals surface area contributed by atoms with E-state index < -0.39 is 28.7 Å². The molecule has 0 aliphatic rings. The van der Waals surface area contributed by atoms with Crippen LogP contribution in [0.25, 0.3) is 5.69 Å². The Bertz CT molecular complexity index is 1180. The number of carbonyl (C=O) groups is 1. The summed E-state index contributed by atoms with van der Waals surface area (Å²) in [4.78, 5) is 11.6. The zero-order valence-corrected chi connectivity index (χ0v) is 16.2. The molecule has 0 aliphatic carbocycles. The number of benzene rings is 2. The molecule has 1 amide bonds. The van der Waals surface area contributed by atoms with Crippen LogP contribution in [0.4, 0.5) is 18.9 Å². The molecule has 9 nitrogen and oxygen atoms in total. The van der Waals surface area contributed by atoms with E-state index in [9.17, 15) is 26.4 Å². The van der Waals surface area contributed by atoms with Gasteiger partial charge in [-0.2, -0.15) is 17.9 Å². The van der Waals surface area contributed by atoms with Crippen LogP contribution in [0.5, 0.6) is 0 Å². The fourth-order valence-electron chi connectivity index (χ4n) is 2.47. The van der Waals surface area contributed by atoms with Crippen LogP contribution in [-0.2, 0) is 10.0 Å². The van der Waals surface area contributed by atoms with Gasteiger partial charge in [-0.1, -0.05) is 12.1 Å². The number of anilines is 1. The van der Waals surface area contributed by atoms with Crippen LogP contribution in [0.15, 0.2) is 53.4 Å². The molecule has 0 aliphatic heterocycles. The largest absolute Gasteiger partial charge is 0.405 e. The number of amides is 1. The van der Waals surface area contributed by atoms with Gasteiger partial charge in [-0.05, 0) is 53.7 Å². The molecule has 3 aromatic rings. The third kappa shape index (κ3) is 5.11. The SMILES string of the molecule is Cc1nnnn1-c1cccc(NS(=O)(=O)c2cccc(C(=O)NCC(F)(F)F)c2)c1. The monoisotopic (exact) mass is 440 g/mol. The number of tetrazole rings is 1. The Hall–Kier alpha value is -3.48. The van der Waals surface area contributed by atoms with Crippen LogP contribution in [-0.4, -0.2) is 47.3 Å². The van der Waals surface area contributed by atoms with E-state index in [0.29, 0.717) is 11.5 Å². The van der Waals surface area contributed by atoms with E-state index >= 15 is 0 Å². The minimum atomic E-state index is -4.58. The number of aromatic nitrogens is 4. The fourth-order valence-corrected chi connectivity index (χ4v) is 3.57. The van der Waals surface area contributed by atoms with Crippen molar-refractivity contribution in [1.29, 1.82) is 0 Å². The molecule has 0 saturated carbocycles. The summed E-state index contributed by atoms with van der Waals surface area (Å²) in [5.41, 5.74) is 0.493. The third-order valence-corrected chi connectivity index (χ3v) is 5.20. The van der Waals surface area contributed by atoms with Crippen molar-refractivity contribution in [2.75, 3.05) is 11.3 Å². The van der Waals surface area contributed by atoms with Crippen molar-refractivity contribution in [2.45, 2.75) is 18.0 Å². The van der Waals surface area contributed by atoms with Gasteiger partial charge in [0, 0.05) is 5.56 Å². The zero-order chi connectivity index (χ0) is 21.9. The molecule has 3 rings (SSSR count). The van der Waals surface area contributed by atoms with Gasteiger partial charge in [-0.15, -0.1) is 5.10 Å². The first kappa shape index (κ1) is 21.2. The lowest BCUT2D eigenvalue weighted by Crippen LogP contribution is -2.33. The summed E-state index contributed by atoms with van der Waals surface area (Å²) in [6.07, 6.45) is -4.58. The molecule has 0 saturated heterocycles. The van der Waals surface area contributed by atoms with Gasteiger partial charge < -0.3 is 5.32 Å². The number of sulfonamides is 1. The lowest BCUT2D eigenvalue weighted by atomic mass is 10.2. The van der Waals surface area contributed by atoms with Crippen LogP contribution < -0.4 is 10.0 Å². The lowest BCUT2D eigenvalue weighted by molar-refractivity contribution is -0.123. The van der Waals surface area contributed by atoms with Crippen molar-refractivity contribution in [3.8, 4) is 5.69 Å². The Morgan fingerprint density at radius 1 is 1.13 bits per heavy atom. The summed E-state index contributed by atoms with van der Waals surface area (Å²) in [5, 5.41) is 12.8. The summed E-state index contributed by atoms with van der Waals surface area (Å²) in [5.74, 6) is -0.548. The molecule has 0 fully saturated rings. The molecule has 0 unspecified atom stereocenters. The molecule has 0 spiro atoms. The first-order valence-corrected chi connectivity index (χ1v) is 9.87. The van der Waals surface area contributed by atoms with Crippen molar-refractivity contribution >= 4 is 21.6 Å². The predicted octanol–water partition coefficient (Wildman–Crippen LogP) is 2.06. The molecule has 0 radical (unpaired) electrons. The molecule has 0 bridgehead atoms. The minimum Gasteiger partial charge on any atom is -0.343 e. The number of hydrogen-bond acceptors (Lipinski definition) is 6. The standard InChI is InChI=1S/C17H15F3N6O3S/c1-11-22-24-25-26(11)14-6-3-5-13(9-14)23-30(28,29)15-7-2-4-12(8-15)16(27)21-10-17(18,19)20/h2-9,23H,10H2,1H3,(H,21,27). The van der Waals surface area contributed by atoms with Gasteiger partial charge in [0.1, 0.15) is 6.54 Å². The van der Waals surface area contributed by atoms with E-state index in [-0.39, 0.29) is 16.1 Å². The van der Waals surface area contributed by atoms with E-state index in [2.05, 4.69) is 20.2 Å². The lowest BCUT2D eigenvalue weighted by Gasteiger charge is -2.11. The number of aryl methyl sites for hydroxylation is 1. The van der Waals surface area contributed by atoms with Crippen molar-refractivity contribution < 1.29 is 26.4 Å².